The molecule has 0 aliphatic carbocycles. The van der Waals surface area contributed by atoms with E-state index < -0.39 is 0 Å². The predicted octanol–water partition coefficient (Wildman–Crippen LogP) is 4.00. The highest BCUT2D eigenvalue weighted by molar-refractivity contribution is 5.95. The minimum absolute atomic E-state index is 0.0226. The van der Waals surface area contributed by atoms with E-state index in [1.54, 1.807) is 20.3 Å². The number of piperazine rings is 1. The molecule has 1 aliphatic heterocycles. The Morgan fingerprint density at radius 3 is 2.47 bits per heavy atom. The Morgan fingerprint density at radius 2 is 1.79 bits per heavy atom. The van der Waals surface area contributed by atoms with Gasteiger partial charge >= 0.3 is 0 Å². The molecule has 174 valence electrons. The fourth-order valence-electron chi connectivity index (χ4n) is 3.91. The first-order valence-corrected chi connectivity index (χ1v) is 10.9. The van der Waals surface area contributed by atoms with Crippen LogP contribution in [0.1, 0.15) is 33.1 Å². The first-order chi connectivity index (χ1) is 16.5. The lowest BCUT2D eigenvalue weighted by Crippen LogP contribution is -2.49. The van der Waals surface area contributed by atoms with Gasteiger partial charge in [-0.25, -0.2) is 0 Å². The molecular weight excluding hydrogens is 432 g/mol. The molecule has 1 fully saturated rings. The Kier molecular flexibility index (Phi) is 6.83. The number of methoxy groups -OCH3 is 2. The van der Waals surface area contributed by atoms with Gasteiger partial charge in [-0.2, -0.15) is 10.2 Å². The average Bonchev–Trinajstić information content (AvgIpc) is 3.30. The van der Waals surface area contributed by atoms with Crippen molar-refractivity contribution in [3.63, 3.8) is 0 Å². The number of ether oxygens (including phenoxy) is 2. The van der Waals surface area contributed by atoms with Gasteiger partial charge in [0.25, 0.3) is 5.91 Å². The number of anilines is 1. The molecule has 2 aromatic carbocycles. The number of hydrogen-bond acceptors (Lipinski definition) is 7. The van der Waals surface area contributed by atoms with Crippen LogP contribution >= 0.6 is 0 Å². The minimum atomic E-state index is 0.0226. The van der Waals surface area contributed by atoms with Crippen LogP contribution in [-0.2, 0) is 0 Å². The molecule has 0 atom stereocenters. The van der Waals surface area contributed by atoms with E-state index in [-0.39, 0.29) is 11.6 Å². The van der Waals surface area contributed by atoms with E-state index in [1.807, 2.05) is 65.3 Å². The second-order valence-corrected chi connectivity index (χ2v) is 7.86. The molecule has 0 unspecified atom stereocenters. The third-order valence-electron chi connectivity index (χ3n) is 5.79. The number of aryl methyl sites for hydroxylation is 1. The summed E-state index contributed by atoms with van der Waals surface area (Å²) in [7, 11) is 3.17. The van der Waals surface area contributed by atoms with Crippen molar-refractivity contribution in [3.05, 3.63) is 70.7 Å². The summed E-state index contributed by atoms with van der Waals surface area (Å²) < 4.78 is 16.5. The van der Waals surface area contributed by atoms with Gasteiger partial charge in [0.1, 0.15) is 6.07 Å². The summed E-state index contributed by atoms with van der Waals surface area (Å²) in [5.74, 6) is 2.05. The molecular formula is C26H26N4O4. The van der Waals surface area contributed by atoms with E-state index >= 15 is 0 Å². The van der Waals surface area contributed by atoms with Crippen molar-refractivity contribution in [2.45, 2.75) is 6.92 Å². The van der Waals surface area contributed by atoms with Gasteiger partial charge < -0.3 is 23.7 Å². The van der Waals surface area contributed by atoms with Crippen LogP contribution in [-0.4, -0.2) is 56.2 Å². The Labute approximate surface area is 198 Å². The molecule has 1 saturated heterocycles. The van der Waals surface area contributed by atoms with Crippen molar-refractivity contribution < 1.29 is 18.7 Å². The van der Waals surface area contributed by atoms with Crippen molar-refractivity contribution in [3.8, 4) is 17.6 Å². The third-order valence-corrected chi connectivity index (χ3v) is 5.79. The lowest BCUT2D eigenvalue weighted by atomic mass is 10.1. The van der Waals surface area contributed by atoms with Crippen molar-refractivity contribution in [2.24, 2.45) is 0 Å². The number of oxazole rings is 1. The summed E-state index contributed by atoms with van der Waals surface area (Å²) >= 11 is 0. The standard InChI is InChI=1S/C26H26N4O4/c1-18-6-4-5-7-20(18)25(31)29-12-14-30(15-13-29)26-21(17-27)28-24(34-26)11-9-19-8-10-22(32-2)23(16-19)33-3/h4-11,16H,12-15H2,1-3H3/b11-9+. The summed E-state index contributed by atoms with van der Waals surface area (Å²) in [4.78, 5) is 21.0. The first kappa shape index (κ1) is 22.9. The van der Waals surface area contributed by atoms with Gasteiger partial charge in [-0.3, -0.25) is 4.79 Å². The van der Waals surface area contributed by atoms with Crippen LogP contribution in [0.4, 0.5) is 5.88 Å². The topological polar surface area (TPSA) is 91.8 Å². The third kappa shape index (κ3) is 4.74. The highest BCUT2D eigenvalue weighted by Crippen LogP contribution is 2.29. The molecule has 1 aliphatic rings. The van der Waals surface area contributed by atoms with E-state index in [0.29, 0.717) is 49.5 Å². The van der Waals surface area contributed by atoms with Gasteiger partial charge in [0, 0.05) is 37.8 Å². The van der Waals surface area contributed by atoms with Gasteiger partial charge in [0.2, 0.25) is 17.5 Å². The van der Waals surface area contributed by atoms with Crippen molar-refractivity contribution in [1.82, 2.24) is 9.88 Å². The van der Waals surface area contributed by atoms with Gasteiger partial charge in [0.05, 0.1) is 14.2 Å². The van der Waals surface area contributed by atoms with Crippen LogP contribution in [0.25, 0.3) is 12.2 Å². The fourth-order valence-corrected chi connectivity index (χ4v) is 3.91. The Bertz CT molecular complexity index is 1250. The molecule has 8 nitrogen and oxygen atoms in total. The number of nitrogens with zero attached hydrogens (tertiary/aromatic N) is 4. The average molecular weight is 459 g/mol. The molecule has 34 heavy (non-hydrogen) atoms. The number of carbonyl (C=O) groups is 1. The second-order valence-electron chi connectivity index (χ2n) is 7.86. The predicted molar refractivity (Wildman–Crippen MR) is 129 cm³/mol. The lowest BCUT2D eigenvalue weighted by molar-refractivity contribution is 0.0744. The van der Waals surface area contributed by atoms with Crippen LogP contribution in [0.3, 0.4) is 0 Å². The normalized spacial score (nSPS) is 13.7. The molecule has 0 saturated carbocycles. The number of nitriles is 1. The summed E-state index contributed by atoms with van der Waals surface area (Å²) in [6.45, 7) is 4.13. The zero-order valence-electron chi connectivity index (χ0n) is 19.4. The maximum atomic E-state index is 12.9. The molecule has 0 bridgehead atoms. The minimum Gasteiger partial charge on any atom is -0.493 e. The molecule has 0 spiro atoms. The van der Waals surface area contributed by atoms with Crippen molar-refractivity contribution in [2.75, 3.05) is 45.3 Å². The molecule has 8 heteroatoms. The summed E-state index contributed by atoms with van der Waals surface area (Å²) in [6, 6.07) is 15.3. The van der Waals surface area contributed by atoms with Crippen LogP contribution in [0, 0.1) is 18.3 Å². The SMILES string of the molecule is COc1ccc(/C=C/c2nc(C#N)c(N3CCN(C(=O)c4ccccc4C)CC3)o2)cc1OC. The second kappa shape index (κ2) is 10.1. The van der Waals surface area contributed by atoms with E-state index in [2.05, 4.69) is 11.1 Å². The summed E-state index contributed by atoms with van der Waals surface area (Å²) in [5, 5.41) is 9.57. The molecule has 3 aromatic rings. The smallest absolute Gasteiger partial charge is 0.254 e. The number of rotatable bonds is 6. The highest BCUT2D eigenvalue weighted by Gasteiger charge is 2.27. The summed E-state index contributed by atoms with van der Waals surface area (Å²) in [6.07, 6.45) is 3.54. The molecule has 1 aromatic heterocycles. The number of amides is 1. The maximum absolute atomic E-state index is 12.9. The van der Waals surface area contributed by atoms with Crippen LogP contribution in [0.2, 0.25) is 0 Å². The highest BCUT2D eigenvalue weighted by atomic mass is 16.5. The number of hydrogen-bond donors (Lipinski definition) is 0. The van der Waals surface area contributed by atoms with Crippen molar-refractivity contribution >= 4 is 23.9 Å². The monoisotopic (exact) mass is 458 g/mol. The van der Waals surface area contributed by atoms with E-state index in [9.17, 15) is 10.1 Å². The van der Waals surface area contributed by atoms with Gasteiger partial charge in [-0.05, 0) is 42.3 Å². The first-order valence-electron chi connectivity index (χ1n) is 10.9. The zero-order chi connectivity index (χ0) is 24.1. The van der Waals surface area contributed by atoms with Crippen molar-refractivity contribution in [1.29, 1.82) is 5.26 Å². The zero-order valence-corrected chi connectivity index (χ0v) is 19.4. The van der Waals surface area contributed by atoms with Crippen LogP contribution < -0.4 is 14.4 Å². The maximum Gasteiger partial charge on any atom is 0.254 e. The van der Waals surface area contributed by atoms with Crippen LogP contribution in [0.15, 0.2) is 46.9 Å². The van der Waals surface area contributed by atoms with Gasteiger partial charge in [-0.1, -0.05) is 24.3 Å². The quantitative estimate of drug-likeness (QED) is 0.551. The lowest BCUT2D eigenvalue weighted by Gasteiger charge is -2.34. The fraction of sp³-hybridized carbons (Fsp3) is 0.269. The van der Waals surface area contributed by atoms with Crippen LogP contribution in [0.5, 0.6) is 11.5 Å². The molecule has 0 radical (unpaired) electrons. The van der Waals surface area contributed by atoms with E-state index in [4.69, 9.17) is 13.9 Å². The molecule has 0 N–H and O–H groups in total. The Hall–Kier alpha value is -4.25. The van der Waals surface area contributed by atoms with Gasteiger partial charge in [0.15, 0.2) is 11.5 Å². The van der Waals surface area contributed by atoms with Gasteiger partial charge in [-0.15, -0.1) is 0 Å². The Balaban J connectivity index is 1.45. The number of benzene rings is 2. The summed E-state index contributed by atoms with van der Waals surface area (Å²) in [5.41, 5.74) is 2.78. The Morgan fingerprint density at radius 1 is 1.06 bits per heavy atom. The number of aromatic nitrogens is 1. The molecule has 2 heterocycles. The molecule has 4 rings (SSSR count). The van der Waals surface area contributed by atoms with E-state index in [0.717, 1.165) is 16.7 Å². The molecule has 1 amide bonds. The van der Waals surface area contributed by atoms with E-state index in [1.165, 1.54) is 0 Å². The largest absolute Gasteiger partial charge is 0.493 e. The number of carbonyl (C=O) groups excluding carboxylic acids is 1.